The lowest BCUT2D eigenvalue weighted by Gasteiger charge is -2.38. The lowest BCUT2D eigenvalue weighted by atomic mass is 10.1. The van der Waals surface area contributed by atoms with Crippen molar-refractivity contribution in [2.24, 2.45) is 0 Å². The summed E-state index contributed by atoms with van der Waals surface area (Å²) in [7, 11) is 3.31. The summed E-state index contributed by atoms with van der Waals surface area (Å²) in [5.41, 5.74) is 3.50. The molecule has 9 nitrogen and oxygen atoms in total. The molecule has 0 spiro atoms. The van der Waals surface area contributed by atoms with E-state index in [1.807, 2.05) is 30.3 Å². The van der Waals surface area contributed by atoms with Gasteiger partial charge in [0.2, 0.25) is 0 Å². The second kappa shape index (κ2) is 13.7. The highest BCUT2D eigenvalue weighted by Crippen LogP contribution is 2.31. The van der Waals surface area contributed by atoms with Crippen molar-refractivity contribution in [2.45, 2.75) is 6.42 Å². The number of hydrogen-bond donors (Lipinski definition) is 3. The van der Waals surface area contributed by atoms with Gasteiger partial charge in [-0.25, -0.2) is 4.79 Å². The van der Waals surface area contributed by atoms with E-state index in [2.05, 4.69) is 31.8 Å². The number of ether oxygens (including phenoxy) is 2. The molecule has 0 radical (unpaired) electrons. The van der Waals surface area contributed by atoms with Gasteiger partial charge in [0, 0.05) is 68.5 Å². The Morgan fingerprint density at radius 3 is 2.18 bits per heavy atom. The maximum Gasteiger partial charge on any atom is 0.323 e. The van der Waals surface area contributed by atoms with E-state index >= 15 is 0 Å². The van der Waals surface area contributed by atoms with Crippen LogP contribution in [0.4, 0.5) is 27.5 Å². The van der Waals surface area contributed by atoms with E-state index in [1.54, 1.807) is 44.6 Å². The van der Waals surface area contributed by atoms with E-state index in [0.717, 1.165) is 43.3 Å². The number of methoxy groups -OCH3 is 2. The minimum absolute atomic E-state index is 0.199. The van der Waals surface area contributed by atoms with Crippen LogP contribution in [0.15, 0.2) is 66.7 Å². The molecule has 3 N–H and O–H groups in total. The largest absolute Gasteiger partial charge is 0.495 e. The smallest absolute Gasteiger partial charge is 0.323 e. The lowest BCUT2D eigenvalue weighted by Crippen LogP contribution is -2.47. The highest BCUT2D eigenvalue weighted by atomic mass is 35.5. The molecule has 1 aliphatic rings. The van der Waals surface area contributed by atoms with Gasteiger partial charge in [-0.1, -0.05) is 23.7 Å². The maximum absolute atomic E-state index is 13.3. The van der Waals surface area contributed by atoms with Crippen LogP contribution in [0.2, 0.25) is 5.02 Å². The molecule has 3 amide bonds. The van der Waals surface area contributed by atoms with Gasteiger partial charge in [0.15, 0.2) is 0 Å². The molecule has 3 aromatic carbocycles. The minimum Gasteiger partial charge on any atom is -0.495 e. The number of anilines is 4. The van der Waals surface area contributed by atoms with Gasteiger partial charge in [-0.05, 0) is 61.0 Å². The normalized spacial score (nSPS) is 13.1. The molecule has 0 bridgehead atoms. The highest BCUT2D eigenvalue weighted by Gasteiger charge is 2.24. The Hall–Kier alpha value is -3.95. The lowest BCUT2D eigenvalue weighted by molar-refractivity contribution is 0.0949. The SMILES string of the molecule is COCCCNC(=O)c1cc(NC(=O)Nc2ccc(Cl)cc2)ccc1N1CCN(c2ccccc2OC)CC1. The monoisotopic (exact) mass is 551 g/mol. The molecule has 1 saturated heterocycles. The molecule has 3 aromatic rings. The molecule has 4 rings (SSSR count). The van der Waals surface area contributed by atoms with Crippen LogP contribution >= 0.6 is 11.6 Å². The van der Waals surface area contributed by atoms with Crippen LogP contribution in [0.25, 0.3) is 0 Å². The van der Waals surface area contributed by atoms with Gasteiger partial charge in [-0.15, -0.1) is 0 Å². The van der Waals surface area contributed by atoms with Crippen molar-refractivity contribution in [3.8, 4) is 5.75 Å². The van der Waals surface area contributed by atoms with Crippen LogP contribution in [0.5, 0.6) is 5.75 Å². The van der Waals surface area contributed by atoms with Crippen molar-refractivity contribution in [1.82, 2.24) is 5.32 Å². The standard InChI is InChI=1S/C29H34ClN5O4/c1-38-19-5-14-31-28(36)24-20-23(33-29(37)32-22-10-8-21(30)9-11-22)12-13-25(24)34-15-17-35(18-16-34)26-6-3-4-7-27(26)39-2/h3-4,6-13,20H,5,14-19H2,1-2H3,(H,31,36)(H2,32,33,37). The fraction of sp³-hybridized carbons (Fsp3) is 0.310. The zero-order valence-electron chi connectivity index (χ0n) is 22.2. The van der Waals surface area contributed by atoms with Gasteiger partial charge in [0.1, 0.15) is 5.75 Å². The van der Waals surface area contributed by atoms with Crippen molar-refractivity contribution in [2.75, 3.05) is 74.0 Å². The number of rotatable bonds is 10. The first-order chi connectivity index (χ1) is 19.0. The number of urea groups is 1. The first kappa shape index (κ1) is 28.1. The summed E-state index contributed by atoms with van der Waals surface area (Å²) in [5, 5.41) is 9.16. The predicted octanol–water partition coefficient (Wildman–Crippen LogP) is 5.09. The van der Waals surface area contributed by atoms with Gasteiger partial charge in [0.05, 0.1) is 18.4 Å². The summed E-state index contributed by atoms with van der Waals surface area (Å²) in [6.07, 6.45) is 0.705. The van der Waals surface area contributed by atoms with Crippen LogP contribution in [0.1, 0.15) is 16.8 Å². The van der Waals surface area contributed by atoms with Crippen LogP contribution < -0.4 is 30.5 Å². The van der Waals surface area contributed by atoms with Crippen molar-refractivity contribution in [3.05, 3.63) is 77.3 Å². The summed E-state index contributed by atoms with van der Waals surface area (Å²) >= 11 is 5.92. The predicted molar refractivity (Wildman–Crippen MR) is 157 cm³/mol. The van der Waals surface area contributed by atoms with E-state index in [1.165, 1.54) is 0 Å². The van der Waals surface area contributed by atoms with E-state index in [0.29, 0.717) is 41.5 Å². The number of piperazine rings is 1. The zero-order chi connectivity index (χ0) is 27.6. The number of carbonyl (C=O) groups excluding carboxylic acids is 2. The number of nitrogens with zero attached hydrogens (tertiary/aromatic N) is 2. The quantitative estimate of drug-likeness (QED) is 0.304. The minimum atomic E-state index is -0.415. The summed E-state index contributed by atoms with van der Waals surface area (Å²) in [6, 6.07) is 19.8. The Kier molecular flexibility index (Phi) is 9.88. The van der Waals surface area contributed by atoms with E-state index in [9.17, 15) is 9.59 Å². The number of amides is 3. The fourth-order valence-corrected chi connectivity index (χ4v) is 4.62. The Morgan fingerprint density at radius 2 is 1.49 bits per heavy atom. The van der Waals surface area contributed by atoms with Crippen LogP contribution in [0, 0.1) is 0 Å². The third-order valence-corrected chi connectivity index (χ3v) is 6.71. The molecule has 0 aliphatic carbocycles. The first-order valence-electron chi connectivity index (χ1n) is 12.9. The Balaban J connectivity index is 1.49. The number of nitrogens with one attached hydrogen (secondary N) is 3. The van der Waals surface area contributed by atoms with Crippen molar-refractivity contribution in [3.63, 3.8) is 0 Å². The van der Waals surface area contributed by atoms with Crippen molar-refractivity contribution in [1.29, 1.82) is 0 Å². The Morgan fingerprint density at radius 1 is 0.846 bits per heavy atom. The summed E-state index contributed by atoms with van der Waals surface area (Å²) in [6.45, 7) is 4.06. The Bertz CT molecular complexity index is 1260. The average Bonchev–Trinajstić information content (AvgIpc) is 2.96. The summed E-state index contributed by atoms with van der Waals surface area (Å²) < 4.78 is 10.6. The molecule has 10 heteroatoms. The number of benzene rings is 3. The first-order valence-corrected chi connectivity index (χ1v) is 13.2. The fourth-order valence-electron chi connectivity index (χ4n) is 4.49. The molecule has 206 valence electrons. The van der Waals surface area contributed by atoms with Gasteiger partial charge in [-0.2, -0.15) is 0 Å². The molecule has 39 heavy (non-hydrogen) atoms. The molecule has 1 fully saturated rings. The zero-order valence-corrected chi connectivity index (χ0v) is 23.0. The average molecular weight is 552 g/mol. The van der Waals surface area contributed by atoms with E-state index in [4.69, 9.17) is 21.1 Å². The third-order valence-electron chi connectivity index (χ3n) is 6.46. The molecule has 1 heterocycles. The Labute approximate surface area is 234 Å². The number of para-hydroxylation sites is 2. The van der Waals surface area contributed by atoms with E-state index in [-0.39, 0.29) is 5.91 Å². The molecule has 0 saturated carbocycles. The molecule has 1 aliphatic heterocycles. The van der Waals surface area contributed by atoms with Crippen molar-refractivity contribution >= 4 is 46.3 Å². The molecular formula is C29H34ClN5O4. The molecule has 0 atom stereocenters. The second-order valence-corrected chi connectivity index (χ2v) is 9.50. The maximum atomic E-state index is 13.3. The third kappa shape index (κ3) is 7.55. The highest BCUT2D eigenvalue weighted by molar-refractivity contribution is 6.30. The molecule has 0 unspecified atom stereocenters. The van der Waals surface area contributed by atoms with Gasteiger partial charge < -0.3 is 35.2 Å². The van der Waals surface area contributed by atoms with Crippen molar-refractivity contribution < 1.29 is 19.1 Å². The van der Waals surface area contributed by atoms with Gasteiger partial charge in [-0.3, -0.25) is 4.79 Å². The number of halogens is 1. The van der Waals surface area contributed by atoms with Gasteiger partial charge in [0.25, 0.3) is 5.91 Å². The summed E-state index contributed by atoms with van der Waals surface area (Å²) in [5.74, 6) is 0.643. The molecular weight excluding hydrogens is 518 g/mol. The summed E-state index contributed by atoms with van der Waals surface area (Å²) in [4.78, 5) is 30.4. The van der Waals surface area contributed by atoms with Crippen LogP contribution in [0.3, 0.4) is 0 Å². The van der Waals surface area contributed by atoms with Crippen LogP contribution in [-0.4, -0.2) is 65.5 Å². The van der Waals surface area contributed by atoms with E-state index < -0.39 is 6.03 Å². The molecule has 0 aromatic heterocycles. The second-order valence-electron chi connectivity index (χ2n) is 9.07. The van der Waals surface area contributed by atoms with Gasteiger partial charge >= 0.3 is 6.03 Å². The number of carbonyl (C=O) groups is 2. The van der Waals surface area contributed by atoms with Crippen LogP contribution in [-0.2, 0) is 4.74 Å². The number of hydrogen-bond acceptors (Lipinski definition) is 6. The topological polar surface area (TPSA) is 95.2 Å².